The third kappa shape index (κ3) is 4.02. The molecule has 0 aliphatic carbocycles. The summed E-state index contributed by atoms with van der Waals surface area (Å²) in [6.45, 7) is -0.0746. The number of carbonyl (C=O) groups excluding carboxylic acids is 1. The first-order valence-electron chi connectivity index (χ1n) is 5.01. The Morgan fingerprint density at radius 1 is 1.47 bits per heavy atom. The van der Waals surface area contributed by atoms with Crippen LogP contribution in [0.25, 0.3) is 0 Å². The lowest BCUT2D eigenvalue weighted by molar-refractivity contribution is -0.502. The molecule has 90 valence electrons. The molecule has 17 heavy (non-hydrogen) atoms. The van der Waals surface area contributed by atoms with E-state index in [1.54, 1.807) is 30.3 Å². The van der Waals surface area contributed by atoms with Crippen molar-refractivity contribution in [2.75, 3.05) is 6.61 Å². The molecule has 1 unspecified atom stereocenters. The Morgan fingerprint density at radius 3 is 2.65 bits per heavy atom. The van der Waals surface area contributed by atoms with Gasteiger partial charge in [-0.05, 0) is 12.1 Å². The van der Waals surface area contributed by atoms with Gasteiger partial charge in [-0.15, -0.1) is 0 Å². The molecule has 1 aromatic rings. The molecule has 0 aliphatic heterocycles. The van der Waals surface area contributed by atoms with E-state index >= 15 is 0 Å². The molecule has 0 bridgehead atoms. The second-order valence-corrected chi connectivity index (χ2v) is 3.31. The van der Waals surface area contributed by atoms with Gasteiger partial charge in [-0.1, -0.05) is 18.2 Å². The summed E-state index contributed by atoms with van der Waals surface area (Å²) >= 11 is 0. The smallest absolute Gasteiger partial charge is 0.338 e. The van der Waals surface area contributed by atoms with Gasteiger partial charge in [0.15, 0.2) is 0 Å². The summed E-state index contributed by atoms with van der Waals surface area (Å²) < 4.78 is 4.86. The highest BCUT2D eigenvalue weighted by Crippen LogP contribution is 2.02. The lowest BCUT2D eigenvalue weighted by atomic mass is 10.2. The zero-order valence-corrected chi connectivity index (χ0v) is 9.04. The molecule has 0 saturated carbocycles. The number of rotatable bonds is 6. The average Bonchev–Trinajstić information content (AvgIpc) is 2.35. The Morgan fingerprint density at radius 2 is 2.12 bits per heavy atom. The number of hydrogen-bond acceptors (Lipinski definition) is 5. The normalized spacial score (nSPS) is 11.5. The highest BCUT2D eigenvalue weighted by Gasteiger charge is 2.17. The van der Waals surface area contributed by atoms with Gasteiger partial charge in [0, 0.05) is 4.92 Å². The number of hydrogen-bond donors (Lipinski definition) is 1. The Bertz CT molecular complexity index is 405. The fourth-order valence-electron chi connectivity index (χ4n) is 1.18. The maximum absolute atomic E-state index is 11.4. The van der Waals surface area contributed by atoms with Crippen molar-refractivity contribution in [2.24, 2.45) is 0 Å². The van der Waals surface area contributed by atoms with Crippen LogP contribution in [0.5, 0.6) is 0 Å². The van der Waals surface area contributed by atoms with Gasteiger partial charge < -0.3 is 10.1 Å². The first kappa shape index (κ1) is 12.8. The van der Waals surface area contributed by atoms with E-state index in [0.717, 1.165) is 6.21 Å². The number of benzene rings is 1. The number of esters is 1. The van der Waals surface area contributed by atoms with Crippen LogP contribution in [0.2, 0.25) is 0 Å². The van der Waals surface area contributed by atoms with E-state index in [4.69, 9.17) is 10.1 Å². The lowest BCUT2D eigenvalue weighted by Crippen LogP contribution is -2.23. The standard InChI is InChI=1S/C11H12N2O4/c12-8-10(13(15)16)6-7-17-11(14)9-4-2-1-3-5-9/h1-5,8,10,12H,6-7H2. The maximum Gasteiger partial charge on any atom is 0.338 e. The van der Waals surface area contributed by atoms with E-state index in [-0.39, 0.29) is 13.0 Å². The summed E-state index contributed by atoms with van der Waals surface area (Å²) in [7, 11) is 0. The number of ether oxygens (including phenoxy) is 1. The van der Waals surface area contributed by atoms with Gasteiger partial charge in [0.05, 0.1) is 24.8 Å². The molecule has 1 rings (SSSR count). The van der Waals surface area contributed by atoms with Crippen molar-refractivity contribution in [3.8, 4) is 0 Å². The van der Waals surface area contributed by atoms with Crippen LogP contribution in [0.4, 0.5) is 0 Å². The summed E-state index contributed by atoms with van der Waals surface area (Å²) in [5.41, 5.74) is 0.403. The SMILES string of the molecule is N=CC(CCOC(=O)c1ccccc1)[N+](=O)[O-]. The van der Waals surface area contributed by atoms with Crippen LogP contribution in [0.1, 0.15) is 16.8 Å². The van der Waals surface area contributed by atoms with E-state index in [9.17, 15) is 14.9 Å². The van der Waals surface area contributed by atoms with Crippen LogP contribution >= 0.6 is 0 Å². The molecule has 0 saturated heterocycles. The van der Waals surface area contributed by atoms with Crippen molar-refractivity contribution in [3.05, 3.63) is 46.0 Å². The van der Waals surface area contributed by atoms with Crippen LogP contribution in [0.15, 0.2) is 30.3 Å². The molecular weight excluding hydrogens is 224 g/mol. The predicted molar refractivity (Wildman–Crippen MR) is 60.9 cm³/mol. The number of nitrogens with one attached hydrogen (secondary N) is 1. The van der Waals surface area contributed by atoms with E-state index in [2.05, 4.69) is 0 Å². The fourth-order valence-corrected chi connectivity index (χ4v) is 1.18. The molecule has 0 amide bonds. The quantitative estimate of drug-likeness (QED) is 0.351. The second-order valence-electron chi connectivity index (χ2n) is 3.31. The zero-order chi connectivity index (χ0) is 12.7. The molecule has 1 atom stereocenters. The third-order valence-electron chi connectivity index (χ3n) is 2.12. The van der Waals surface area contributed by atoms with Crippen LogP contribution in [-0.4, -0.2) is 29.8 Å². The lowest BCUT2D eigenvalue weighted by Gasteiger charge is -2.05. The van der Waals surface area contributed by atoms with Crippen molar-refractivity contribution in [1.82, 2.24) is 0 Å². The molecule has 0 spiro atoms. The summed E-state index contributed by atoms with van der Waals surface area (Å²) in [4.78, 5) is 21.2. The van der Waals surface area contributed by atoms with Crippen molar-refractivity contribution >= 4 is 12.2 Å². The van der Waals surface area contributed by atoms with Crippen LogP contribution < -0.4 is 0 Å². The molecule has 0 aromatic heterocycles. The summed E-state index contributed by atoms with van der Waals surface area (Å²) in [6, 6.07) is 7.28. The Kier molecular flexibility index (Phi) is 4.80. The first-order valence-corrected chi connectivity index (χ1v) is 5.01. The first-order chi connectivity index (χ1) is 8.15. The van der Waals surface area contributed by atoms with Crippen molar-refractivity contribution < 1.29 is 14.5 Å². The average molecular weight is 236 g/mol. The van der Waals surface area contributed by atoms with Crippen LogP contribution in [0, 0.1) is 15.5 Å². The summed E-state index contributed by atoms with van der Waals surface area (Å²) in [5, 5.41) is 17.2. The highest BCUT2D eigenvalue weighted by atomic mass is 16.6. The minimum absolute atomic E-state index is 0.00900. The van der Waals surface area contributed by atoms with E-state index in [1.165, 1.54) is 0 Å². The molecule has 0 heterocycles. The zero-order valence-electron chi connectivity index (χ0n) is 9.04. The number of carbonyl (C=O) groups is 1. The molecular formula is C11H12N2O4. The van der Waals surface area contributed by atoms with Gasteiger partial charge in [0.2, 0.25) is 0 Å². The maximum atomic E-state index is 11.4. The Hall–Kier alpha value is -2.24. The second kappa shape index (κ2) is 6.37. The molecule has 1 aromatic carbocycles. The van der Waals surface area contributed by atoms with Gasteiger partial charge in [-0.2, -0.15) is 0 Å². The molecule has 1 N–H and O–H groups in total. The number of nitro groups is 1. The monoisotopic (exact) mass is 236 g/mol. The molecule has 6 nitrogen and oxygen atoms in total. The molecule has 0 fully saturated rings. The van der Waals surface area contributed by atoms with Gasteiger partial charge in [-0.25, -0.2) is 4.79 Å². The Balaban J connectivity index is 2.39. The predicted octanol–water partition coefficient (Wildman–Crippen LogP) is 1.53. The minimum atomic E-state index is -1.10. The largest absolute Gasteiger partial charge is 0.462 e. The topological polar surface area (TPSA) is 93.3 Å². The van der Waals surface area contributed by atoms with E-state index in [1.807, 2.05) is 0 Å². The highest BCUT2D eigenvalue weighted by molar-refractivity contribution is 5.89. The van der Waals surface area contributed by atoms with Crippen LogP contribution in [0.3, 0.4) is 0 Å². The molecule has 0 aliphatic rings. The summed E-state index contributed by atoms with van der Waals surface area (Å²) in [6.07, 6.45) is 0.741. The van der Waals surface area contributed by atoms with Gasteiger partial charge >= 0.3 is 5.97 Å². The minimum Gasteiger partial charge on any atom is -0.462 e. The van der Waals surface area contributed by atoms with Crippen molar-refractivity contribution in [2.45, 2.75) is 12.5 Å². The Labute approximate surface area is 97.9 Å². The van der Waals surface area contributed by atoms with E-state index in [0.29, 0.717) is 5.56 Å². The van der Waals surface area contributed by atoms with Crippen molar-refractivity contribution in [3.63, 3.8) is 0 Å². The molecule has 0 radical (unpaired) electrons. The fraction of sp³-hybridized carbons (Fsp3) is 0.273. The van der Waals surface area contributed by atoms with Crippen LogP contribution in [-0.2, 0) is 4.74 Å². The van der Waals surface area contributed by atoms with Gasteiger partial charge in [0.25, 0.3) is 6.04 Å². The summed E-state index contributed by atoms with van der Waals surface area (Å²) in [5.74, 6) is -0.516. The number of nitrogens with zero attached hydrogens (tertiary/aromatic N) is 1. The van der Waals surface area contributed by atoms with Crippen molar-refractivity contribution in [1.29, 1.82) is 5.41 Å². The van der Waals surface area contributed by atoms with E-state index < -0.39 is 16.9 Å². The molecule has 6 heteroatoms. The van der Waals surface area contributed by atoms with Gasteiger partial charge in [0.1, 0.15) is 0 Å². The van der Waals surface area contributed by atoms with Gasteiger partial charge in [-0.3, -0.25) is 10.1 Å². The third-order valence-corrected chi connectivity index (χ3v) is 2.12.